The van der Waals surface area contributed by atoms with Crippen LogP contribution < -0.4 is 10.6 Å². The van der Waals surface area contributed by atoms with Crippen molar-refractivity contribution in [3.05, 3.63) is 65.2 Å². The zero-order valence-corrected chi connectivity index (χ0v) is 16.7. The first-order chi connectivity index (χ1) is 13.4. The molecule has 0 spiro atoms. The first-order valence-electron chi connectivity index (χ1n) is 9.50. The number of hydrogen-bond acceptors (Lipinski definition) is 3. The molecule has 0 fully saturated rings. The molecule has 3 aromatic rings. The molecule has 2 aromatic heterocycles. The van der Waals surface area contributed by atoms with Gasteiger partial charge in [0.15, 0.2) is 5.69 Å². The molecule has 3 rings (SSSR count). The van der Waals surface area contributed by atoms with Gasteiger partial charge in [-0.3, -0.25) is 14.0 Å². The SMILES string of the molecule is Cc1ccc(C)c(NC(=O)c2nc(C(=O)NCCC(C)C)n3ccccc23)c1. The third-order valence-electron chi connectivity index (χ3n) is 4.62. The second kappa shape index (κ2) is 8.25. The molecule has 146 valence electrons. The molecule has 0 aliphatic heterocycles. The maximum Gasteiger partial charge on any atom is 0.287 e. The summed E-state index contributed by atoms with van der Waals surface area (Å²) >= 11 is 0. The molecule has 0 aliphatic rings. The van der Waals surface area contributed by atoms with Crippen LogP contribution in [0, 0.1) is 19.8 Å². The molecule has 0 unspecified atom stereocenters. The van der Waals surface area contributed by atoms with E-state index >= 15 is 0 Å². The van der Waals surface area contributed by atoms with Gasteiger partial charge in [-0.25, -0.2) is 4.98 Å². The number of nitrogens with one attached hydrogen (secondary N) is 2. The van der Waals surface area contributed by atoms with Gasteiger partial charge in [-0.1, -0.05) is 32.0 Å². The molecule has 0 saturated heterocycles. The lowest BCUT2D eigenvalue weighted by atomic mass is 10.1. The van der Waals surface area contributed by atoms with Crippen molar-refractivity contribution in [1.29, 1.82) is 0 Å². The number of rotatable bonds is 6. The highest BCUT2D eigenvalue weighted by Gasteiger charge is 2.21. The maximum absolute atomic E-state index is 12.9. The summed E-state index contributed by atoms with van der Waals surface area (Å²) in [5.74, 6) is 0.0907. The topological polar surface area (TPSA) is 75.5 Å². The lowest BCUT2D eigenvalue weighted by Crippen LogP contribution is -2.27. The van der Waals surface area contributed by atoms with Crippen molar-refractivity contribution in [3.63, 3.8) is 0 Å². The van der Waals surface area contributed by atoms with E-state index in [1.807, 2.05) is 44.2 Å². The van der Waals surface area contributed by atoms with Crippen LogP contribution in [0.5, 0.6) is 0 Å². The first kappa shape index (κ1) is 19.6. The van der Waals surface area contributed by atoms with Gasteiger partial charge in [-0.15, -0.1) is 0 Å². The lowest BCUT2D eigenvalue weighted by molar-refractivity contribution is 0.0941. The number of fused-ring (bicyclic) bond motifs is 1. The summed E-state index contributed by atoms with van der Waals surface area (Å²) in [5, 5.41) is 5.81. The summed E-state index contributed by atoms with van der Waals surface area (Å²) in [5.41, 5.74) is 3.59. The minimum Gasteiger partial charge on any atom is -0.349 e. The Labute approximate surface area is 165 Å². The van der Waals surface area contributed by atoms with Crippen LogP contribution in [0.3, 0.4) is 0 Å². The van der Waals surface area contributed by atoms with E-state index in [1.54, 1.807) is 16.7 Å². The molecule has 2 amide bonds. The number of imidazole rings is 1. The predicted molar refractivity (Wildman–Crippen MR) is 111 cm³/mol. The molecule has 0 saturated carbocycles. The summed E-state index contributed by atoms with van der Waals surface area (Å²) in [6.45, 7) is 8.69. The molecule has 2 N–H and O–H groups in total. The summed E-state index contributed by atoms with van der Waals surface area (Å²) < 4.78 is 1.66. The number of carbonyl (C=O) groups is 2. The monoisotopic (exact) mass is 378 g/mol. The molecular weight excluding hydrogens is 352 g/mol. The van der Waals surface area contributed by atoms with Crippen molar-refractivity contribution in [2.75, 3.05) is 11.9 Å². The van der Waals surface area contributed by atoms with Crippen molar-refractivity contribution in [2.24, 2.45) is 5.92 Å². The number of aryl methyl sites for hydroxylation is 2. The van der Waals surface area contributed by atoms with E-state index in [9.17, 15) is 9.59 Å². The van der Waals surface area contributed by atoms with Gasteiger partial charge in [-0.05, 0) is 55.5 Å². The highest BCUT2D eigenvalue weighted by atomic mass is 16.2. The summed E-state index contributed by atoms with van der Waals surface area (Å²) in [6.07, 6.45) is 2.63. The molecule has 6 heteroatoms. The fourth-order valence-corrected chi connectivity index (χ4v) is 2.97. The Morgan fingerprint density at radius 3 is 2.64 bits per heavy atom. The Morgan fingerprint density at radius 2 is 1.89 bits per heavy atom. The molecule has 6 nitrogen and oxygen atoms in total. The average Bonchev–Trinajstić information content (AvgIpc) is 3.04. The number of amides is 2. The van der Waals surface area contributed by atoms with Crippen molar-refractivity contribution >= 4 is 23.0 Å². The van der Waals surface area contributed by atoms with Gasteiger partial charge in [0.2, 0.25) is 5.82 Å². The molecule has 1 aromatic carbocycles. The number of anilines is 1. The normalized spacial score (nSPS) is 11.0. The van der Waals surface area contributed by atoms with Gasteiger partial charge >= 0.3 is 0 Å². The Morgan fingerprint density at radius 1 is 1.11 bits per heavy atom. The number of aromatic nitrogens is 2. The molecule has 0 atom stereocenters. The predicted octanol–water partition coefficient (Wildman–Crippen LogP) is 3.98. The van der Waals surface area contributed by atoms with Crippen LogP contribution in [0.15, 0.2) is 42.6 Å². The fourth-order valence-electron chi connectivity index (χ4n) is 2.97. The highest BCUT2D eigenvalue weighted by Crippen LogP contribution is 2.19. The summed E-state index contributed by atoms with van der Waals surface area (Å²) in [4.78, 5) is 29.9. The van der Waals surface area contributed by atoms with Crippen LogP contribution in [0.4, 0.5) is 5.69 Å². The zero-order valence-electron chi connectivity index (χ0n) is 16.7. The quantitative estimate of drug-likeness (QED) is 0.681. The van der Waals surface area contributed by atoms with Gasteiger partial charge in [-0.2, -0.15) is 0 Å². The van der Waals surface area contributed by atoms with Crippen molar-refractivity contribution in [1.82, 2.24) is 14.7 Å². The van der Waals surface area contributed by atoms with Crippen LogP contribution in [0.2, 0.25) is 0 Å². The van der Waals surface area contributed by atoms with Gasteiger partial charge < -0.3 is 10.6 Å². The largest absolute Gasteiger partial charge is 0.349 e. The minimum atomic E-state index is -0.335. The van der Waals surface area contributed by atoms with Gasteiger partial charge in [0.05, 0.1) is 5.52 Å². The molecular formula is C22H26N4O2. The molecule has 0 bridgehead atoms. The van der Waals surface area contributed by atoms with Crippen LogP contribution in [0.1, 0.15) is 52.5 Å². The number of hydrogen-bond donors (Lipinski definition) is 2. The smallest absolute Gasteiger partial charge is 0.287 e. The standard InChI is InChI=1S/C22H26N4O2/c1-14(2)10-11-23-22(28)20-25-19(18-7-5-6-12-26(18)20)21(27)24-17-13-15(3)8-9-16(17)4/h5-9,12-14H,10-11H2,1-4H3,(H,23,28)(H,24,27). The van der Waals surface area contributed by atoms with E-state index in [4.69, 9.17) is 0 Å². The van der Waals surface area contributed by atoms with Crippen molar-refractivity contribution in [3.8, 4) is 0 Å². The third-order valence-corrected chi connectivity index (χ3v) is 4.62. The minimum absolute atomic E-state index is 0.213. The van der Waals surface area contributed by atoms with Crippen LogP contribution >= 0.6 is 0 Å². The van der Waals surface area contributed by atoms with Crippen LogP contribution in [0.25, 0.3) is 5.52 Å². The van der Waals surface area contributed by atoms with E-state index in [0.29, 0.717) is 18.0 Å². The molecule has 2 heterocycles. The van der Waals surface area contributed by atoms with Crippen molar-refractivity contribution in [2.45, 2.75) is 34.1 Å². The Hall–Kier alpha value is -3.15. The van der Waals surface area contributed by atoms with Crippen molar-refractivity contribution < 1.29 is 9.59 Å². The van der Waals surface area contributed by atoms with E-state index in [-0.39, 0.29) is 23.3 Å². The van der Waals surface area contributed by atoms with Gasteiger partial charge in [0.25, 0.3) is 11.8 Å². The van der Waals surface area contributed by atoms with E-state index < -0.39 is 0 Å². The number of nitrogens with zero attached hydrogens (tertiary/aromatic N) is 2. The lowest BCUT2D eigenvalue weighted by Gasteiger charge is -2.08. The third kappa shape index (κ3) is 4.22. The Kier molecular flexibility index (Phi) is 5.78. The van der Waals surface area contributed by atoms with Crippen LogP contribution in [-0.4, -0.2) is 27.7 Å². The molecule has 0 aliphatic carbocycles. The molecule has 0 radical (unpaired) electrons. The Bertz CT molecular complexity index is 1020. The maximum atomic E-state index is 12.9. The number of carbonyl (C=O) groups excluding carboxylic acids is 2. The first-order valence-corrected chi connectivity index (χ1v) is 9.50. The van der Waals surface area contributed by atoms with E-state index in [1.165, 1.54) is 0 Å². The van der Waals surface area contributed by atoms with Gasteiger partial charge in [0.1, 0.15) is 0 Å². The molecule has 28 heavy (non-hydrogen) atoms. The number of benzene rings is 1. The fraction of sp³-hybridized carbons (Fsp3) is 0.318. The Balaban J connectivity index is 1.90. The number of pyridine rings is 1. The van der Waals surface area contributed by atoms with Gasteiger partial charge in [0, 0.05) is 18.4 Å². The van der Waals surface area contributed by atoms with E-state index in [0.717, 1.165) is 23.2 Å². The average molecular weight is 378 g/mol. The van der Waals surface area contributed by atoms with E-state index in [2.05, 4.69) is 29.5 Å². The van der Waals surface area contributed by atoms with Crippen LogP contribution in [-0.2, 0) is 0 Å². The summed E-state index contributed by atoms with van der Waals surface area (Å²) in [7, 11) is 0. The highest BCUT2D eigenvalue weighted by molar-refractivity contribution is 6.09. The second-order valence-electron chi connectivity index (χ2n) is 7.45. The summed E-state index contributed by atoms with van der Waals surface area (Å²) in [6, 6.07) is 11.3. The zero-order chi connectivity index (χ0) is 20.3. The second-order valence-corrected chi connectivity index (χ2v) is 7.45.